The molecule has 0 aliphatic carbocycles. The molecule has 0 radical (unpaired) electrons. The Bertz CT molecular complexity index is 823. The number of phenolic OH excluding ortho intramolecular Hbond substituents is 1. The van der Waals surface area contributed by atoms with Crippen molar-refractivity contribution in [2.45, 2.75) is 20.8 Å². The Balaban J connectivity index is 0.000000511. The van der Waals surface area contributed by atoms with E-state index in [1.807, 2.05) is 17.5 Å². The number of rotatable bonds is 4. The summed E-state index contributed by atoms with van der Waals surface area (Å²) in [4.78, 5) is 20.4. The van der Waals surface area contributed by atoms with E-state index in [1.54, 1.807) is 0 Å². The number of carbonyl (C=O) groups excluding carboxylic acids is 1. The van der Waals surface area contributed by atoms with Crippen molar-refractivity contribution in [2.24, 2.45) is 5.92 Å². The van der Waals surface area contributed by atoms with Crippen LogP contribution < -0.4 is 5.32 Å². The molecule has 0 fully saturated rings. The van der Waals surface area contributed by atoms with E-state index >= 15 is 0 Å². The summed E-state index contributed by atoms with van der Waals surface area (Å²) in [5.74, 6) is 1.15. The molecule has 0 unspecified atom stereocenters. The molecule has 1 aromatic carbocycles. The van der Waals surface area contributed by atoms with Crippen molar-refractivity contribution in [3.05, 3.63) is 35.2 Å². The molecule has 0 atom stereocenters. The minimum absolute atomic E-state index is 0.0408. The first-order valence-electron chi connectivity index (χ1n) is 8.08. The number of carbonyl (C=O) groups is 1. The molecule has 25 heavy (non-hydrogen) atoms. The lowest BCUT2D eigenvalue weighted by atomic mass is 10.1. The van der Waals surface area contributed by atoms with Crippen molar-refractivity contribution in [1.29, 1.82) is 0 Å². The van der Waals surface area contributed by atoms with Gasteiger partial charge in [-0.1, -0.05) is 26.8 Å². The maximum atomic E-state index is 12.1. The van der Waals surface area contributed by atoms with Crippen LogP contribution in [0.2, 0.25) is 0 Å². The third-order valence-corrected chi connectivity index (χ3v) is 3.90. The zero-order valence-electron chi connectivity index (χ0n) is 14.5. The van der Waals surface area contributed by atoms with Crippen LogP contribution in [0.15, 0.2) is 29.6 Å². The van der Waals surface area contributed by atoms with E-state index in [-0.39, 0.29) is 24.8 Å². The van der Waals surface area contributed by atoms with Gasteiger partial charge in [-0.2, -0.15) is 0 Å². The number of imidazole rings is 1. The number of nitrogens with zero attached hydrogens (tertiary/aromatic N) is 1. The molecule has 0 bridgehead atoms. The number of aromatic hydroxyl groups is 1. The van der Waals surface area contributed by atoms with E-state index in [0.29, 0.717) is 22.4 Å². The summed E-state index contributed by atoms with van der Waals surface area (Å²) in [6.07, 6.45) is 0. The van der Waals surface area contributed by atoms with E-state index in [2.05, 4.69) is 36.1 Å². The van der Waals surface area contributed by atoms with Crippen LogP contribution in [0.4, 0.5) is 0 Å². The number of benzene rings is 1. The molecule has 1 amide bonds. The predicted octanol–water partition coefficient (Wildman–Crippen LogP) is 3.38. The monoisotopic (exact) mass is 361 g/mol. The average molecular weight is 361 g/mol. The van der Waals surface area contributed by atoms with Crippen LogP contribution in [0.3, 0.4) is 0 Å². The molecule has 0 saturated heterocycles. The van der Waals surface area contributed by atoms with Crippen molar-refractivity contribution in [3.8, 4) is 16.5 Å². The Kier molecular flexibility index (Phi) is 6.55. The smallest absolute Gasteiger partial charge is 0.253 e. The van der Waals surface area contributed by atoms with Crippen LogP contribution >= 0.6 is 11.3 Å². The van der Waals surface area contributed by atoms with Crippen molar-refractivity contribution in [3.63, 3.8) is 0 Å². The van der Waals surface area contributed by atoms with Gasteiger partial charge in [-0.25, -0.2) is 4.98 Å². The quantitative estimate of drug-likeness (QED) is 0.572. The summed E-state index contributed by atoms with van der Waals surface area (Å²) >= 11 is 1.52. The van der Waals surface area contributed by atoms with Crippen molar-refractivity contribution >= 4 is 28.3 Å². The van der Waals surface area contributed by atoms with Gasteiger partial charge in [0.2, 0.25) is 0 Å². The molecule has 134 valence electrons. The highest BCUT2D eigenvalue weighted by Crippen LogP contribution is 2.30. The Labute approximate surface area is 150 Å². The average Bonchev–Trinajstić information content (AvgIpc) is 3.21. The first-order valence-corrected chi connectivity index (χ1v) is 8.96. The molecule has 7 heteroatoms. The highest BCUT2D eigenvalue weighted by molar-refractivity contribution is 7.13. The molecule has 2 heterocycles. The zero-order chi connectivity index (χ0) is 18.4. The summed E-state index contributed by atoms with van der Waals surface area (Å²) in [6, 6.07) is 6.78. The minimum Gasteiger partial charge on any atom is -0.506 e. The standard InChI is InChI=1S/C14H13N3O3S.C4H10/c18-6-5-15-14(20)8-3-4-9(19)12-11(8)16-13(17-12)10-2-1-7-21-10;1-4(2)3/h1-4,7,18-19H,5-6H2,(H,15,20)(H,16,17);4H,1-3H3. The number of thiophene rings is 1. The van der Waals surface area contributed by atoms with Gasteiger partial charge in [0, 0.05) is 6.54 Å². The number of nitrogens with one attached hydrogen (secondary N) is 2. The van der Waals surface area contributed by atoms with E-state index in [1.165, 1.54) is 23.5 Å². The Morgan fingerprint density at radius 2 is 2.04 bits per heavy atom. The van der Waals surface area contributed by atoms with E-state index < -0.39 is 0 Å². The lowest BCUT2D eigenvalue weighted by Gasteiger charge is -2.04. The normalized spacial score (nSPS) is 10.6. The number of aromatic amines is 1. The van der Waals surface area contributed by atoms with Gasteiger partial charge in [0.25, 0.3) is 5.91 Å². The van der Waals surface area contributed by atoms with Gasteiger partial charge in [-0.05, 0) is 29.5 Å². The molecule has 6 nitrogen and oxygen atoms in total. The third kappa shape index (κ3) is 4.80. The van der Waals surface area contributed by atoms with E-state index in [0.717, 1.165) is 10.8 Å². The topological polar surface area (TPSA) is 98.2 Å². The van der Waals surface area contributed by atoms with Gasteiger partial charge in [-0.3, -0.25) is 4.79 Å². The number of H-pyrrole nitrogens is 1. The maximum absolute atomic E-state index is 12.1. The highest BCUT2D eigenvalue weighted by Gasteiger charge is 2.17. The number of hydrogen-bond donors (Lipinski definition) is 4. The molecule has 0 aliphatic heterocycles. The largest absolute Gasteiger partial charge is 0.506 e. The summed E-state index contributed by atoms with van der Waals surface area (Å²) in [6.45, 7) is 6.54. The van der Waals surface area contributed by atoms with E-state index in [4.69, 9.17) is 5.11 Å². The van der Waals surface area contributed by atoms with Gasteiger partial charge in [-0.15, -0.1) is 11.3 Å². The van der Waals surface area contributed by atoms with Crippen LogP contribution in [0.5, 0.6) is 5.75 Å². The van der Waals surface area contributed by atoms with Crippen molar-refractivity contribution in [2.75, 3.05) is 13.2 Å². The molecule has 2 aromatic heterocycles. The number of phenols is 1. The number of amides is 1. The number of fused-ring (bicyclic) bond motifs is 1. The minimum atomic E-state index is -0.335. The number of aliphatic hydroxyl groups excluding tert-OH is 1. The third-order valence-electron chi connectivity index (χ3n) is 3.02. The van der Waals surface area contributed by atoms with Gasteiger partial charge in [0.05, 0.1) is 17.0 Å². The molecule has 0 spiro atoms. The lowest BCUT2D eigenvalue weighted by molar-refractivity contribution is 0.0946. The summed E-state index contributed by atoms with van der Waals surface area (Å²) < 4.78 is 0. The summed E-state index contributed by atoms with van der Waals surface area (Å²) in [5.41, 5.74) is 1.19. The highest BCUT2D eigenvalue weighted by atomic mass is 32.1. The predicted molar refractivity (Wildman–Crippen MR) is 101 cm³/mol. The van der Waals surface area contributed by atoms with Crippen LogP contribution in [-0.4, -0.2) is 39.2 Å². The first-order chi connectivity index (χ1) is 11.9. The number of aromatic nitrogens is 2. The fourth-order valence-corrected chi connectivity index (χ4v) is 2.73. The van der Waals surface area contributed by atoms with Crippen molar-refractivity contribution in [1.82, 2.24) is 15.3 Å². The van der Waals surface area contributed by atoms with Gasteiger partial charge < -0.3 is 20.5 Å². The zero-order valence-corrected chi connectivity index (χ0v) is 15.4. The second kappa shape index (κ2) is 8.64. The number of hydrogen-bond acceptors (Lipinski definition) is 5. The fourth-order valence-electron chi connectivity index (χ4n) is 2.06. The van der Waals surface area contributed by atoms with Gasteiger partial charge >= 0.3 is 0 Å². The number of aliphatic hydroxyl groups is 1. The second-order valence-corrected chi connectivity index (χ2v) is 7.08. The molecular formula is C18H23N3O3S. The fraction of sp³-hybridized carbons (Fsp3) is 0.333. The SMILES string of the molecule is CC(C)C.O=C(NCCO)c1ccc(O)c2[nH]c(-c3cccs3)nc12. The van der Waals surface area contributed by atoms with Crippen LogP contribution in [-0.2, 0) is 0 Å². The summed E-state index contributed by atoms with van der Waals surface area (Å²) in [7, 11) is 0. The van der Waals surface area contributed by atoms with Crippen molar-refractivity contribution < 1.29 is 15.0 Å². The Morgan fingerprint density at radius 1 is 1.32 bits per heavy atom. The van der Waals surface area contributed by atoms with Gasteiger partial charge in [0.15, 0.2) is 0 Å². The molecule has 0 aliphatic rings. The first kappa shape index (κ1) is 19.0. The Morgan fingerprint density at radius 3 is 2.64 bits per heavy atom. The van der Waals surface area contributed by atoms with Crippen LogP contribution in [0.25, 0.3) is 21.7 Å². The molecule has 0 saturated carbocycles. The molecular weight excluding hydrogens is 338 g/mol. The van der Waals surface area contributed by atoms with Crippen LogP contribution in [0.1, 0.15) is 31.1 Å². The van der Waals surface area contributed by atoms with E-state index in [9.17, 15) is 9.90 Å². The Hall–Kier alpha value is -2.38. The molecule has 3 rings (SSSR count). The lowest BCUT2D eigenvalue weighted by Crippen LogP contribution is -2.26. The maximum Gasteiger partial charge on any atom is 0.253 e. The van der Waals surface area contributed by atoms with Crippen LogP contribution in [0, 0.1) is 5.92 Å². The molecule has 4 N–H and O–H groups in total. The molecule has 3 aromatic rings. The second-order valence-electron chi connectivity index (χ2n) is 6.13. The summed E-state index contributed by atoms with van der Waals surface area (Å²) in [5, 5.41) is 23.2. The van der Waals surface area contributed by atoms with Gasteiger partial charge in [0.1, 0.15) is 22.6 Å².